The van der Waals surface area contributed by atoms with Gasteiger partial charge in [-0.1, -0.05) is 26.0 Å². The molecular weight excluding hydrogens is 330 g/mol. The maximum atomic E-state index is 9.89. The van der Waals surface area contributed by atoms with Crippen LogP contribution in [0.25, 0.3) is 22.4 Å². The van der Waals surface area contributed by atoms with Gasteiger partial charge in [-0.15, -0.1) is 0 Å². The molecule has 7 nitrogen and oxygen atoms in total. The fraction of sp³-hybridized carbons (Fsp3) is 0.421. The van der Waals surface area contributed by atoms with Crippen LogP contribution in [0.3, 0.4) is 0 Å². The molecular formula is C19H23N5O2. The highest BCUT2D eigenvalue weighted by molar-refractivity contribution is 5.88. The predicted octanol–water partition coefficient (Wildman–Crippen LogP) is 2.69. The van der Waals surface area contributed by atoms with Gasteiger partial charge in [0.2, 0.25) is 5.95 Å². The molecule has 1 aliphatic heterocycles. The minimum Gasteiger partial charge on any atom is -0.508 e. The number of anilines is 1. The molecule has 0 amide bonds. The molecule has 0 unspecified atom stereocenters. The topological polar surface area (TPSA) is 76.3 Å². The molecule has 1 aliphatic rings. The van der Waals surface area contributed by atoms with E-state index in [4.69, 9.17) is 14.7 Å². The van der Waals surface area contributed by atoms with Crippen LogP contribution in [0.5, 0.6) is 5.75 Å². The Labute approximate surface area is 152 Å². The summed E-state index contributed by atoms with van der Waals surface area (Å²) in [5, 5.41) is 9.89. The van der Waals surface area contributed by atoms with Crippen LogP contribution in [0.4, 0.5) is 5.95 Å². The van der Waals surface area contributed by atoms with Gasteiger partial charge in [-0.25, -0.2) is 9.97 Å². The molecule has 0 spiro atoms. The number of morpholine rings is 1. The number of phenols is 1. The highest BCUT2D eigenvalue weighted by atomic mass is 16.5. The van der Waals surface area contributed by atoms with Crippen LogP contribution in [-0.4, -0.2) is 50.9 Å². The van der Waals surface area contributed by atoms with Gasteiger partial charge in [-0.2, -0.15) is 4.98 Å². The molecule has 0 aliphatic carbocycles. The zero-order valence-corrected chi connectivity index (χ0v) is 15.1. The summed E-state index contributed by atoms with van der Waals surface area (Å²) < 4.78 is 7.53. The van der Waals surface area contributed by atoms with E-state index in [0.717, 1.165) is 42.1 Å². The number of rotatable bonds is 4. The summed E-state index contributed by atoms with van der Waals surface area (Å²) in [5.41, 5.74) is 3.17. The Hall–Kier alpha value is -2.67. The Morgan fingerprint density at radius 2 is 2.00 bits per heavy atom. The highest BCUT2D eigenvalue weighted by Crippen LogP contribution is 2.29. The minimum absolute atomic E-state index is 0.212. The third-order valence-corrected chi connectivity index (χ3v) is 4.43. The summed E-state index contributed by atoms with van der Waals surface area (Å²) in [6.07, 6.45) is 1.83. The van der Waals surface area contributed by atoms with Gasteiger partial charge in [0, 0.05) is 25.2 Å². The quantitative estimate of drug-likeness (QED) is 0.777. The summed E-state index contributed by atoms with van der Waals surface area (Å²) in [6.45, 7) is 8.07. The number of imidazole rings is 1. The predicted molar refractivity (Wildman–Crippen MR) is 100 cm³/mol. The molecule has 7 heteroatoms. The first-order valence-electron chi connectivity index (χ1n) is 8.97. The molecule has 1 N–H and O–H groups in total. The number of phenolic OH excluding ortho intramolecular Hbond substituents is 1. The second kappa shape index (κ2) is 6.92. The Bertz CT molecular complexity index is 915. The van der Waals surface area contributed by atoms with Crippen molar-refractivity contribution in [3.05, 3.63) is 30.6 Å². The lowest BCUT2D eigenvalue weighted by atomic mass is 10.1. The SMILES string of the molecule is CC(C)Cn1cnc2c(-c3cccc(O)c3)nc(N3CCOCC3)nc21. The summed E-state index contributed by atoms with van der Waals surface area (Å²) in [4.78, 5) is 16.3. The molecule has 1 aromatic carbocycles. The third kappa shape index (κ3) is 3.22. The summed E-state index contributed by atoms with van der Waals surface area (Å²) in [6, 6.07) is 7.12. The molecule has 0 bridgehead atoms. The summed E-state index contributed by atoms with van der Waals surface area (Å²) >= 11 is 0. The van der Waals surface area contributed by atoms with Crippen molar-refractivity contribution in [1.29, 1.82) is 0 Å². The number of benzene rings is 1. The molecule has 0 saturated carbocycles. The highest BCUT2D eigenvalue weighted by Gasteiger charge is 2.20. The third-order valence-electron chi connectivity index (χ3n) is 4.43. The molecule has 1 fully saturated rings. The Balaban J connectivity index is 1.89. The van der Waals surface area contributed by atoms with Crippen LogP contribution in [0.15, 0.2) is 30.6 Å². The second-order valence-electron chi connectivity index (χ2n) is 6.98. The second-order valence-corrected chi connectivity index (χ2v) is 6.98. The van der Waals surface area contributed by atoms with E-state index in [1.807, 2.05) is 18.5 Å². The van der Waals surface area contributed by atoms with Gasteiger partial charge in [0.25, 0.3) is 0 Å². The minimum atomic E-state index is 0.212. The molecule has 2 aromatic heterocycles. The van der Waals surface area contributed by atoms with Crippen LogP contribution < -0.4 is 4.90 Å². The zero-order valence-electron chi connectivity index (χ0n) is 15.1. The van der Waals surface area contributed by atoms with E-state index < -0.39 is 0 Å². The van der Waals surface area contributed by atoms with Crippen molar-refractivity contribution in [2.45, 2.75) is 20.4 Å². The number of nitrogens with zero attached hydrogens (tertiary/aromatic N) is 5. The van der Waals surface area contributed by atoms with Crippen molar-refractivity contribution in [2.24, 2.45) is 5.92 Å². The van der Waals surface area contributed by atoms with Crippen LogP contribution in [0.1, 0.15) is 13.8 Å². The molecule has 1 saturated heterocycles. The zero-order chi connectivity index (χ0) is 18.1. The number of ether oxygens (including phenoxy) is 1. The lowest BCUT2D eigenvalue weighted by molar-refractivity contribution is 0.122. The van der Waals surface area contributed by atoms with Gasteiger partial charge < -0.3 is 19.3 Å². The van der Waals surface area contributed by atoms with E-state index in [0.29, 0.717) is 25.1 Å². The summed E-state index contributed by atoms with van der Waals surface area (Å²) in [7, 11) is 0. The number of aromatic hydroxyl groups is 1. The van der Waals surface area contributed by atoms with Crippen molar-refractivity contribution >= 4 is 17.1 Å². The van der Waals surface area contributed by atoms with E-state index in [9.17, 15) is 5.11 Å². The van der Waals surface area contributed by atoms with Crippen LogP contribution >= 0.6 is 0 Å². The molecule has 4 rings (SSSR count). The first-order valence-corrected chi connectivity index (χ1v) is 8.97. The lowest BCUT2D eigenvalue weighted by Crippen LogP contribution is -2.37. The van der Waals surface area contributed by atoms with Crippen molar-refractivity contribution in [2.75, 3.05) is 31.2 Å². The van der Waals surface area contributed by atoms with Gasteiger partial charge in [0.05, 0.1) is 19.5 Å². The molecule has 136 valence electrons. The van der Waals surface area contributed by atoms with E-state index in [1.165, 1.54) is 0 Å². The number of hydrogen-bond donors (Lipinski definition) is 1. The fourth-order valence-electron chi connectivity index (χ4n) is 3.22. The van der Waals surface area contributed by atoms with E-state index >= 15 is 0 Å². The van der Waals surface area contributed by atoms with E-state index in [-0.39, 0.29) is 5.75 Å². The monoisotopic (exact) mass is 353 g/mol. The van der Waals surface area contributed by atoms with Crippen molar-refractivity contribution in [3.8, 4) is 17.0 Å². The maximum Gasteiger partial charge on any atom is 0.228 e. The Morgan fingerprint density at radius 3 is 2.73 bits per heavy atom. The average Bonchev–Trinajstić information content (AvgIpc) is 3.04. The lowest BCUT2D eigenvalue weighted by Gasteiger charge is -2.27. The van der Waals surface area contributed by atoms with Gasteiger partial charge in [0.1, 0.15) is 17.0 Å². The fourth-order valence-corrected chi connectivity index (χ4v) is 3.22. The Kier molecular flexibility index (Phi) is 4.46. The number of fused-ring (bicyclic) bond motifs is 1. The molecule has 0 radical (unpaired) electrons. The standard InChI is InChI=1S/C19H23N5O2/c1-13(2)11-24-12-20-17-16(14-4-3-5-15(25)10-14)21-19(22-18(17)24)23-6-8-26-9-7-23/h3-5,10,12-13,25H,6-9,11H2,1-2H3. The van der Waals surface area contributed by atoms with Crippen molar-refractivity contribution in [1.82, 2.24) is 19.5 Å². The van der Waals surface area contributed by atoms with Crippen LogP contribution in [0.2, 0.25) is 0 Å². The number of aromatic nitrogens is 4. The van der Waals surface area contributed by atoms with Crippen LogP contribution in [-0.2, 0) is 11.3 Å². The molecule has 0 atom stereocenters. The normalized spacial score (nSPS) is 15.1. The van der Waals surface area contributed by atoms with Crippen molar-refractivity contribution < 1.29 is 9.84 Å². The first-order chi connectivity index (χ1) is 12.6. The molecule has 3 heterocycles. The van der Waals surface area contributed by atoms with Gasteiger partial charge in [-0.05, 0) is 18.1 Å². The van der Waals surface area contributed by atoms with Crippen LogP contribution in [0, 0.1) is 5.92 Å². The summed E-state index contributed by atoms with van der Waals surface area (Å²) in [5.74, 6) is 1.38. The van der Waals surface area contributed by atoms with Crippen molar-refractivity contribution in [3.63, 3.8) is 0 Å². The van der Waals surface area contributed by atoms with Gasteiger partial charge in [0.15, 0.2) is 5.65 Å². The van der Waals surface area contributed by atoms with E-state index in [2.05, 4.69) is 28.3 Å². The smallest absolute Gasteiger partial charge is 0.228 e. The average molecular weight is 353 g/mol. The first kappa shape index (κ1) is 16.8. The largest absolute Gasteiger partial charge is 0.508 e. The van der Waals surface area contributed by atoms with Gasteiger partial charge in [-0.3, -0.25) is 0 Å². The van der Waals surface area contributed by atoms with E-state index in [1.54, 1.807) is 12.1 Å². The molecule has 26 heavy (non-hydrogen) atoms. The molecule has 3 aromatic rings. The Morgan fingerprint density at radius 1 is 1.19 bits per heavy atom. The number of hydrogen-bond acceptors (Lipinski definition) is 6. The van der Waals surface area contributed by atoms with Gasteiger partial charge >= 0.3 is 0 Å². The maximum absolute atomic E-state index is 9.89.